The van der Waals surface area contributed by atoms with E-state index in [9.17, 15) is 0 Å². The molecule has 1 aliphatic carbocycles. The summed E-state index contributed by atoms with van der Waals surface area (Å²) in [6.45, 7) is 11.8. The van der Waals surface area contributed by atoms with Crippen LogP contribution in [0.1, 0.15) is 53.9 Å². The van der Waals surface area contributed by atoms with Gasteiger partial charge in [-0.1, -0.05) is 13.8 Å². The Bertz CT molecular complexity index is 246. The molecule has 0 aliphatic heterocycles. The van der Waals surface area contributed by atoms with Crippen molar-refractivity contribution in [2.24, 2.45) is 16.6 Å². The molecule has 0 bridgehead atoms. The summed E-state index contributed by atoms with van der Waals surface area (Å²) in [6, 6.07) is 0.657. The molecule has 94 valence electrons. The Labute approximate surface area is 100 Å². The van der Waals surface area contributed by atoms with Crippen molar-refractivity contribution in [3.05, 3.63) is 0 Å². The van der Waals surface area contributed by atoms with Gasteiger partial charge in [-0.05, 0) is 46.0 Å². The molecule has 1 fully saturated rings. The van der Waals surface area contributed by atoms with E-state index in [4.69, 9.17) is 5.73 Å². The molecule has 0 unspecified atom stereocenters. The van der Waals surface area contributed by atoms with Crippen LogP contribution in [0.15, 0.2) is 4.99 Å². The van der Waals surface area contributed by atoms with Crippen molar-refractivity contribution in [1.82, 2.24) is 4.90 Å². The fourth-order valence-electron chi connectivity index (χ4n) is 1.68. The number of rotatable bonds is 4. The summed E-state index contributed by atoms with van der Waals surface area (Å²) >= 11 is 0. The Morgan fingerprint density at radius 3 is 2.31 bits per heavy atom. The van der Waals surface area contributed by atoms with Gasteiger partial charge >= 0.3 is 0 Å². The van der Waals surface area contributed by atoms with Gasteiger partial charge in [-0.2, -0.15) is 0 Å². The molecule has 0 aromatic carbocycles. The van der Waals surface area contributed by atoms with Crippen LogP contribution in [-0.4, -0.2) is 29.0 Å². The zero-order chi connectivity index (χ0) is 12.3. The number of guanidine groups is 1. The van der Waals surface area contributed by atoms with Crippen molar-refractivity contribution in [1.29, 1.82) is 0 Å². The Kier molecular flexibility index (Phi) is 4.22. The van der Waals surface area contributed by atoms with Crippen LogP contribution in [0.2, 0.25) is 0 Å². The number of nitrogens with zero attached hydrogens (tertiary/aromatic N) is 2. The standard InChI is InChI=1S/C13H27N3/c1-10(2)8-9-16(11-6-7-11)12(14)15-13(3,4)5/h10-11H,6-9H2,1-5H3,(H2,14,15). The molecule has 2 N–H and O–H groups in total. The number of hydrogen-bond acceptors (Lipinski definition) is 1. The molecular weight excluding hydrogens is 198 g/mol. The maximum absolute atomic E-state index is 6.11. The highest BCUT2D eigenvalue weighted by atomic mass is 15.3. The van der Waals surface area contributed by atoms with Crippen molar-refractivity contribution in [2.45, 2.75) is 65.5 Å². The molecule has 1 rings (SSSR count). The molecular formula is C13H27N3. The van der Waals surface area contributed by atoms with E-state index >= 15 is 0 Å². The molecule has 0 spiro atoms. The highest BCUT2D eigenvalue weighted by Crippen LogP contribution is 2.27. The van der Waals surface area contributed by atoms with Crippen molar-refractivity contribution in [2.75, 3.05) is 6.54 Å². The van der Waals surface area contributed by atoms with Gasteiger partial charge in [-0.15, -0.1) is 0 Å². The lowest BCUT2D eigenvalue weighted by Gasteiger charge is -2.26. The fraction of sp³-hybridized carbons (Fsp3) is 0.923. The summed E-state index contributed by atoms with van der Waals surface area (Å²) in [5, 5.41) is 0. The van der Waals surface area contributed by atoms with Crippen molar-refractivity contribution < 1.29 is 0 Å². The second-order valence-electron chi connectivity index (χ2n) is 6.25. The van der Waals surface area contributed by atoms with Gasteiger partial charge in [-0.3, -0.25) is 0 Å². The first-order chi connectivity index (χ1) is 7.29. The van der Waals surface area contributed by atoms with Crippen LogP contribution in [-0.2, 0) is 0 Å². The molecule has 0 aromatic rings. The van der Waals surface area contributed by atoms with E-state index in [-0.39, 0.29) is 5.54 Å². The zero-order valence-corrected chi connectivity index (χ0v) is 11.5. The molecule has 0 heterocycles. The molecule has 0 atom stereocenters. The zero-order valence-electron chi connectivity index (χ0n) is 11.5. The summed E-state index contributed by atoms with van der Waals surface area (Å²) in [7, 11) is 0. The lowest BCUT2D eigenvalue weighted by Crippen LogP contribution is -2.41. The molecule has 16 heavy (non-hydrogen) atoms. The van der Waals surface area contributed by atoms with Crippen LogP contribution in [0.25, 0.3) is 0 Å². The summed E-state index contributed by atoms with van der Waals surface area (Å²) in [5.41, 5.74) is 6.03. The van der Waals surface area contributed by atoms with Gasteiger partial charge in [0.2, 0.25) is 0 Å². The molecule has 0 saturated heterocycles. The second-order valence-corrected chi connectivity index (χ2v) is 6.25. The van der Waals surface area contributed by atoms with Gasteiger partial charge in [0.25, 0.3) is 0 Å². The van der Waals surface area contributed by atoms with Gasteiger partial charge < -0.3 is 10.6 Å². The Morgan fingerprint density at radius 2 is 1.94 bits per heavy atom. The molecule has 0 amide bonds. The third kappa shape index (κ3) is 4.86. The Morgan fingerprint density at radius 1 is 1.38 bits per heavy atom. The Hall–Kier alpha value is -0.730. The highest BCUT2D eigenvalue weighted by molar-refractivity contribution is 5.79. The van der Waals surface area contributed by atoms with Gasteiger partial charge in [0.05, 0.1) is 5.54 Å². The molecule has 1 aliphatic rings. The van der Waals surface area contributed by atoms with Crippen molar-refractivity contribution >= 4 is 5.96 Å². The first-order valence-electron chi connectivity index (χ1n) is 6.41. The Balaban J connectivity index is 2.59. The van der Waals surface area contributed by atoms with Crippen molar-refractivity contribution in [3.8, 4) is 0 Å². The maximum atomic E-state index is 6.11. The van der Waals surface area contributed by atoms with Crippen LogP contribution in [0.3, 0.4) is 0 Å². The van der Waals surface area contributed by atoms with E-state index in [1.807, 2.05) is 0 Å². The smallest absolute Gasteiger partial charge is 0.192 e. The third-order valence-corrected chi connectivity index (χ3v) is 2.68. The molecule has 0 aromatic heterocycles. The van der Waals surface area contributed by atoms with Crippen LogP contribution in [0.5, 0.6) is 0 Å². The first kappa shape index (κ1) is 13.3. The lowest BCUT2D eigenvalue weighted by molar-refractivity contribution is 0.363. The normalized spacial score (nSPS) is 18.0. The largest absolute Gasteiger partial charge is 0.370 e. The fourth-order valence-corrected chi connectivity index (χ4v) is 1.68. The lowest BCUT2D eigenvalue weighted by atomic mass is 10.1. The van der Waals surface area contributed by atoms with E-state index in [1.165, 1.54) is 19.3 Å². The average molecular weight is 225 g/mol. The van der Waals surface area contributed by atoms with Crippen LogP contribution in [0, 0.1) is 5.92 Å². The summed E-state index contributed by atoms with van der Waals surface area (Å²) < 4.78 is 0. The van der Waals surface area contributed by atoms with E-state index in [1.54, 1.807) is 0 Å². The SMILES string of the molecule is CC(C)CCN(C(N)=NC(C)(C)C)C1CC1. The highest BCUT2D eigenvalue weighted by Gasteiger charge is 2.30. The number of aliphatic imine (C=N–C) groups is 1. The molecule has 1 saturated carbocycles. The minimum Gasteiger partial charge on any atom is -0.370 e. The predicted molar refractivity (Wildman–Crippen MR) is 70.6 cm³/mol. The topological polar surface area (TPSA) is 41.6 Å². The number of nitrogens with two attached hydrogens (primary N) is 1. The maximum Gasteiger partial charge on any atom is 0.192 e. The van der Waals surface area contributed by atoms with E-state index in [0.29, 0.717) is 6.04 Å². The van der Waals surface area contributed by atoms with Crippen LogP contribution in [0.4, 0.5) is 0 Å². The first-order valence-corrected chi connectivity index (χ1v) is 6.41. The van der Waals surface area contributed by atoms with Crippen LogP contribution >= 0.6 is 0 Å². The minimum atomic E-state index is -0.0744. The third-order valence-electron chi connectivity index (χ3n) is 2.68. The summed E-state index contributed by atoms with van der Waals surface area (Å²) in [6.07, 6.45) is 3.74. The van der Waals surface area contributed by atoms with Crippen LogP contribution < -0.4 is 5.73 Å². The van der Waals surface area contributed by atoms with Gasteiger partial charge in [0, 0.05) is 12.6 Å². The molecule has 0 radical (unpaired) electrons. The van der Waals surface area contributed by atoms with E-state index in [2.05, 4.69) is 44.5 Å². The molecule has 3 heteroatoms. The summed E-state index contributed by atoms with van der Waals surface area (Å²) in [4.78, 5) is 6.87. The summed E-state index contributed by atoms with van der Waals surface area (Å²) in [5.74, 6) is 1.46. The van der Waals surface area contributed by atoms with Crippen molar-refractivity contribution in [3.63, 3.8) is 0 Å². The quantitative estimate of drug-likeness (QED) is 0.590. The molecule has 3 nitrogen and oxygen atoms in total. The van der Waals surface area contributed by atoms with E-state index in [0.717, 1.165) is 18.4 Å². The number of hydrogen-bond donors (Lipinski definition) is 1. The van der Waals surface area contributed by atoms with Gasteiger partial charge in [0.1, 0.15) is 0 Å². The van der Waals surface area contributed by atoms with E-state index < -0.39 is 0 Å². The monoisotopic (exact) mass is 225 g/mol. The minimum absolute atomic E-state index is 0.0744. The predicted octanol–water partition coefficient (Wildman–Crippen LogP) is 2.61. The van der Waals surface area contributed by atoms with Gasteiger partial charge in [0.15, 0.2) is 5.96 Å². The second kappa shape index (κ2) is 5.07. The van der Waals surface area contributed by atoms with Gasteiger partial charge in [-0.25, -0.2) is 4.99 Å². The average Bonchev–Trinajstić information content (AvgIpc) is 2.84.